The second kappa shape index (κ2) is 5.26. The van der Waals surface area contributed by atoms with Gasteiger partial charge in [0.25, 0.3) is 0 Å². The third-order valence-electron chi connectivity index (χ3n) is 3.51. The van der Waals surface area contributed by atoms with Crippen LogP contribution in [0.4, 0.5) is 5.95 Å². The highest BCUT2D eigenvalue weighted by Gasteiger charge is 2.46. The van der Waals surface area contributed by atoms with Crippen LogP contribution in [0.25, 0.3) is 0 Å². The standard InChI is InChI=1S/C12H18Cl2N5O/c1-11(2)5-7(6-12(3,4)19(11)20)15-10-17-8(13)16-9(14)18-10/h7H,5-6H2,1-4H3,(H,15,16,17,18). The molecule has 0 saturated carbocycles. The maximum atomic E-state index is 12.3. The lowest BCUT2D eigenvalue weighted by Gasteiger charge is -2.49. The average Bonchev–Trinajstić information content (AvgIpc) is 2.23. The van der Waals surface area contributed by atoms with Crippen LogP contribution in [0.15, 0.2) is 0 Å². The summed E-state index contributed by atoms with van der Waals surface area (Å²) in [4.78, 5) is 11.7. The van der Waals surface area contributed by atoms with E-state index >= 15 is 0 Å². The van der Waals surface area contributed by atoms with E-state index in [9.17, 15) is 5.21 Å². The van der Waals surface area contributed by atoms with Crippen LogP contribution < -0.4 is 5.32 Å². The van der Waals surface area contributed by atoms with Gasteiger partial charge in [0, 0.05) is 17.1 Å². The fraction of sp³-hybridized carbons (Fsp3) is 0.750. The Kier molecular flexibility index (Phi) is 4.12. The summed E-state index contributed by atoms with van der Waals surface area (Å²) in [6.45, 7) is 7.73. The van der Waals surface area contributed by atoms with Gasteiger partial charge in [0.1, 0.15) is 0 Å². The second-order valence-electron chi connectivity index (χ2n) is 6.37. The number of hydroxylamine groups is 2. The predicted molar refractivity (Wildman–Crippen MR) is 77.2 cm³/mol. The van der Waals surface area contributed by atoms with Gasteiger partial charge >= 0.3 is 0 Å². The van der Waals surface area contributed by atoms with E-state index in [1.165, 1.54) is 5.06 Å². The average molecular weight is 319 g/mol. The summed E-state index contributed by atoms with van der Waals surface area (Å²) in [5.41, 5.74) is -0.917. The van der Waals surface area contributed by atoms with Crippen LogP contribution in [0.3, 0.4) is 0 Å². The van der Waals surface area contributed by atoms with Gasteiger partial charge in [-0.05, 0) is 63.7 Å². The molecule has 8 heteroatoms. The molecule has 20 heavy (non-hydrogen) atoms. The third-order valence-corrected chi connectivity index (χ3v) is 3.84. The molecular formula is C12H18Cl2N5O. The Labute approximate surface area is 128 Å². The van der Waals surface area contributed by atoms with Crippen LogP contribution in [0.5, 0.6) is 0 Å². The van der Waals surface area contributed by atoms with Crippen LogP contribution in [0.1, 0.15) is 40.5 Å². The molecule has 0 unspecified atom stereocenters. The summed E-state index contributed by atoms with van der Waals surface area (Å²) < 4.78 is 0. The molecule has 1 saturated heterocycles. The number of hydrogen-bond donors (Lipinski definition) is 1. The maximum Gasteiger partial charge on any atom is 0.228 e. The van der Waals surface area contributed by atoms with E-state index < -0.39 is 11.1 Å². The fourth-order valence-corrected chi connectivity index (χ4v) is 3.30. The summed E-state index contributed by atoms with van der Waals surface area (Å²) in [6, 6.07) is 0.0692. The first-order chi connectivity index (χ1) is 9.10. The molecule has 111 valence electrons. The zero-order chi connectivity index (χ0) is 15.1. The second-order valence-corrected chi connectivity index (χ2v) is 7.04. The highest BCUT2D eigenvalue weighted by molar-refractivity contribution is 6.31. The zero-order valence-electron chi connectivity index (χ0n) is 11.9. The van der Waals surface area contributed by atoms with Crippen molar-refractivity contribution in [2.45, 2.75) is 57.7 Å². The molecule has 1 aliphatic rings. The zero-order valence-corrected chi connectivity index (χ0v) is 13.5. The van der Waals surface area contributed by atoms with Gasteiger partial charge in [-0.25, -0.2) is 0 Å². The number of piperidine rings is 1. The Morgan fingerprint density at radius 2 is 1.50 bits per heavy atom. The summed E-state index contributed by atoms with van der Waals surface area (Å²) in [5.74, 6) is 0.339. The van der Waals surface area contributed by atoms with Crippen LogP contribution in [0.2, 0.25) is 10.6 Å². The molecule has 1 aromatic heterocycles. The van der Waals surface area contributed by atoms with Crippen LogP contribution >= 0.6 is 23.2 Å². The van der Waals surface area contributed by atoms with Crippen LogP contribution in [0, 0.1) is 0 Å². The number of halogens is 2. The van der Waals surface area contributed by atoms with Gasteiger partial charge in [0.15, 0.2) is 0 Å². The van der Waals surface area contributed by atoms with Gasteiger partial charge in [0.05, 0.1) is 0 Å². The van der Waals surface area contributed by atoms with Crippen molar-refractivity contribution in [3.63, 3.8) is 0 Å². The molecule has 0 amide bonds. The number of rotatable bonds is 2. The smallest absolute Gasteiger partial charge is 0.228 e. The Bertz CT molecular complexity index is 470. The van der Waals surface area contributed by atoms with Crippen molar-refractivity contribution in [2.75, 3.05) is 5.32 Å². The van der Waals surface area contributed by atoms with Crippen molar-refractivity contribution in [2.24, 2.45) is 0 Å². The fourth-order valence-electron chi connectivity index (χ4n) is 2.94. The molecule has 0 bridgehead atoms. The van der Waals surface area contributed by atoms with Crippen molar-refractivity contribution >= 4 is 29.2 Å². The Morgan fingerprint density at radius 1 is 1.05 bits per heavy atom. The first kappa shape index (κ1) is 15.7. The van der Waals surface area contributed by atoms with E-state index in [-0.39, 0.29) is 16.6 Å². The summed E-state index contributed by atoms with van der Waals surface area (Å²) >= 11 is 11.5. The van der Waals surface area contributed by atoms with Crippen molar-refractivity contribution in [1.82, 2.24) is 20.0 Å². The molecule has 1 radical (unpaired) electrons. The van der Waals surface area contributed by atoms with Gasteiger partial charge in [0.2, 0.25) is 16.5 Å². The minimum Gasteiger partial charge on any atom is -0.351 e. The van der Waals surface area contributed by atoms with E-state index in [1.54, 1.807) is 0 Å². The quantitative estimate of drug-likeness (QED) is 0.907. The van der Waals surface area contributed by atoms with Crippen LogP contribution in [-0.4, -0.2) is 37.1 Å². The molecule has 0 spiro atoms. The molecule has 0 aromatic carbocycles. The molecule has 2 heterocycles. The van der Waals surface area contributed by atoms with Crippen molar-refractivity contribution in [3.8, 4) is 0 Å². The minimum absolute atomic E-state index is 0.0484. The van der Waals surface area contributed by atoms with Crippen LogP contribution in [-0.2, 0) is 5.21 Å². The predicted octanol–water partition coefficient (Wildman–Crippen LogP) is 2.96. The number of nitrogens with zero attached hydrogens (tertiary/aromatic N) is 4. The Morgan fingerprint density at radius 3 is 1.95 bits per heavy atom. The van der Waals surface area contributed by atoms with E-state index in [4.69, 9.17) is 23.2 Å². The number of hydrogen-bond acceptors (Lipinski definition) is 5. The van der Waals surface area contributed by atoms with Crippen molar-refractivity contribution < 1.29 is 5.21 Å². The van der Waals surface area contributed by atoms with Gasteiger partial charge in [-0.1, -0.05) is 0 Å². The molecular weight excluding hydrogens is 301 g/mol. The first-order valence-corrected chi connectivity index (χ1v) is 7.17. The summed E-state index contributed by atoms with van der Waals surface area (Å²) in [7, 11) is 0. The highest BCUT2D eigenvalue weighted by Crippen LogP contribution is 2.37. The first-order valence-electron chi connectivity index (χ1n) is 6.41. The van der Waals surface area contributed by atoms with E-state index in [2.05, 4.69) is 20.3 Å². The molecule has 0 atom stereocenters. The van der Waals surface area contributed by atoms with Gasteiger partial charge < -0.3 is 5.32 Å². The monoisotopic (exact) mass is 318 g/mol. The minimum atomic E-state index is -0.458. The molecule has 1 N–H and O–H groups in total. The molecule has 1 aliphatic heterocycles. The van der Waals surface area contributed by atoms with Gasteiger partial charge in [-0.2, -0.15) is 15.0 Å². The lowest BCUT2D eigenvalue weighted by molar-refractivity contribution is -0.288. The summed E-state index contributed by atoms with van der Waals surface area (Å²) in [6.07, 6.45) is 1.36. The van der Waals surface area contributed by atoms with E-state index in [0.29, 0.717) is 18.8 Å². The highest BCUT2D eigenvalue weighted by atomic mass is 35.5. The van der Waals surface area contributed by atoms with Crippen molar-refractivity contribution in [3.05, 3.63) is 10.6 Å². The SMILES string of the molecule is CC1(C)CC(Nc2nc(Cl)nc(Cl)n2)CC(C)(C)N1[O]. The van der Waals surface area contributed by atoms with E-state index in [1.807, 2.05) is 27.7 Å². The summed E-state index contributed by atoms with van der Waals surface area (Å²) in [5, 5.41) is 16.7. The van der Waals surface area contributed by atoms with E-state index in [0.717, 1.165) is 0 Å². The Balaban J connectivity index is 2.18. The largest absolute Gasteiger partial charge is 0.351 e. The van der Waals surface area contributed by atoms with Gasteiger partial charge in [-0.15, -0.1) is 10.3 Å². The maximum absolute atomic E-state index is 12.3. The Hall–Kier alpha value is -0.690. The number of aromatic nitrogens is 3. The number of anilines is 1. The lowest BCUT2D eigenvalue weighted by Crippen LogP contribution is -2.60. The third kappa shape index (κ3) is 3.31. The molecule has 2 rings (SSSR count). The lowest BCUT2D eigenvalue weighted by atomic mass is 9.79. The molecule has 1 aromatic rings. The normalized spacial score (nSPS) is 22.8. The molecule has 6 nitrogen and oxygen atoms in total. The van der Waals surface area contributed by atoms with Crippen molar-refractivity contribution in [1.29, 1.82) is 0 Å². The number of nitrogens with one attached hydrogen (secondary N) is 1. The van der Waals surface area contributed by atoms with Gasteiger partial charge in [-0.3, -0.25) is 0 Å². The molecule has 0 aliphatic carbocycles. The topological polar surface area (TPSA) is 73.8 Å². The molecule has 1 fully saturated rings.